The van der Waals surface area contributed by atoms with Gasteiger partial charge in [0.1, 0.15) is 13.2 Å². The molecule has 0 bridgehead atoms. The predicted molar refractivity (Wildman–Crippen MR) is 270 cm³/mol. The van der Waals surface area contributed by atoms with Crippen LogP contribution in [-0.2, 0) is 28.6 Å². The fraction of sp³-hybridized carbons (Fsp3) is 0.842. The highest BCUT2D eigenvalue weighted by Gasteiger charge is 2.19. The quantitative estimate of drug-likeness (QED) is 0.0199. The van der Waals surface area contributed by atoms with E-state index in [-0.39, 0.29) is 31.1 Å². The molecular formula is C57H104O6. The molecule has 1 unspecified atom stereocenters. The Hall–Kier alpha value is -2.37. The maximum atomic E-state index is 12.8. The molecule has 6 heteroatoms. The Morgan fingerprint density at radius 1 is 0.317 bits per heavy atom. The normalized spacial score (nSPS) is 12.2. The van der Waals surface area contributed by atoms with Crippen LogP contribution in [0.3, 0.4) is 0 Å². The highest BCUT2D eigenvalue weighted by Crippen LogP contribution is 2.16. The van der Waals surface area contributed by atoms with Gasteiger partial charge >= 0.3 is 17.9 Å². The topological polar surface area (TPSA) is 78.9 Å². The Balaban J connectivity index is 4.31. The first-order chi connectivity index (χ1) is 31.0. The summed E-state index contributed by atoms with van der Waals surface area (Å²) in [5, 5.41) is 0. The summed E-state index contributed by atoms with van der Waals surface area (Å²) in [6.45, 7) is 6.58. The number of hydrogen-bond acceptors (Lipinski definition) is 6. The molecule has 6 nitrogen and oxygen atoms in total. The number of esters is 3. The summed E-state index contributed by atoms with van der Waals surface area (Å²) < 4.78 is 16.8. The van der Waals surface area contributed by atoms with Crippen LogP contribution in [0.2, 0.25) is 0 Å². The summed E-state index contributed by atoms with van der Waals surface area (Å²) in [4.78, 5) is 38.0. The summed E-state index contributed by atoms with van der Waals surface area (Å²) in [6, 6.07) is 0. The molecule has 0 saturated heterocycles. The SMILES string of the molecule is CCCC/C=C\C=C/CCCCCC(=O)OCC(COC(=O)CCCCCCCCCCCCCCCCCCCCC)OC(=O)CCCCCCCCC/C=C\CCCCCC. The molecule has 0 spiro atoms. The molecule has 0 aliphatic rings. The van der Waals surface area contributed by atoms with Crippen LogP contribution in [0.4, 0.5) is 0 Å². The van der Waals surface area contributed by atoms with Crippen LogP contribution in [0, 0.1) is 0 Å². The standard InChI is InChI=1S/C57H104O6/c1-4-7-10-13-16-19-22-24-26-27-28-29-31-32-35-38-41-44-47-50-56(59)62-53-54(52-61-55(58)49-46-43-40-37-34-21-18-15-12-9-6-3)63-57(60)51-48-45-42-39-36-33-30-25-23-20-17-14-11-8-5-2/h15,18,20-21,23,34,54H,4-14,16-17,19,22,24-33,35-53H2,1-3H3/b18-15-,23-20-,34-21-. The highest BCUT2D eigenvalue weighted by molar-refractivity contribution is 5.71. The fourth-order valence-corrected chi connectivity index (χ4v) is 7.94. The fourth-order valence-electron chi connectivity index (χ4n) is 7.94. The van der Waals surface area contributed by atoms with Crippen molar-refractivity contribution in [3.63, 3.8) is 0 Å². The minimum absolute atomic E-state index is 0.0791. The van der Waals surface area contributed by atoms with Crippen molar-refractivity contribution in [1.29, 1.82) is 0 Å². The Morgan fingerprint density at radius 2 is 0.587 bits per heavy atom. The molecule has 0 heterocycles. The maximum Gasteiger partial charge on any atom is 0.306 e. The van der Waals surface area contributed by atoms with Gasteiger partial charge in [0.05, 0.1) is 0 Å². The van der Waals surface area contributed by atoms with Crippen LogP contribution in [0.5, 0.6) is 0 Å². The number of carbonyl (C=O) groups excluding carboxylic acids is 3. The first kappa shape index (κ1) is 60.6. The Labute approximate surface area is 391 Å². The molecule has 368 valence electrons. The van der Waals surface area contributed by atoms with Gasteiger partial charge < -0.3 is 14.2 Å². The van der Waals surface area contributed by atoms with Gasteiger partial charge in [0.25, 0.3) is 0 Å². The minimum atomic E-state index is -0.781. The molecule has 1 atom stereocenters. The van der Waals surface area contributed by atoms with Gasteiger partial charge in [-0.3, -0.25) is 14.4 Å². The monoisotopic (exact) mass is 885 g/mol. The smallest absolute Gasteiger partial charge is 0.306 e. The van der Waals surface area contributed by atoms with Crippen molar-refractivity contribution in [3.05, 3.63) is 36.5 Å². The Morgan fingerprint density at radius 3 is 0.968 bits per heavy atom. The second-order valence-electron chi connectivity index (χ2n) is 18.5. The maximum absolute atomic E-state index is 12.8. The van der Waals surface area contributed by atoms with Gasteiger partial charge in [-0.1, -0.05) is 243 Å². The zero-order valence-corrected chi connectivity index (χ0v) is 42.1. The van der Waals surface area contributed by atoms with Crippen LogP contribution >= 0.6 is 0 Å². The van der Waals surface area contributed by atoms with Crippen molar-refractivity contribution in [1.82, 2.24) is 0 Å². The first-order valence-electron chi connectivity index (χ1n) is 27.5. The molecule has 0 fully saturated rings. The molecule has 0 aliphatic heterocycles. The lowest BCUT2D eigenvalue weighted by Crippen LogP contribution is -2.30. The van der Waals surface area contributed by atoms with E-state index in [1.54, 1.807) is 0 Å². The molecule has 0 aromatic heterocycles. The zero-order valence-electron chi connectivity index (χ0n) is 42.1. The van der Waals surface area contributed by atoms with Crippen LogP contribution in [0.25, 0.3) is 0 Å². The van der Waals surface area contributed by atoms with Crippen molar-refractivity contribution in [2.75, 3.05) is 13.2 Å². The third-order valence-corrected chi connectivity index (χ3v) is 12.1. The summed E-state index contributed by atoms with van der Waals surface area (Å²) in [6.07, 6.45) is 61.4. The average molecular weight is 885 g/mol. The van der Waals surface area contributed by atoms with Crippen molar-refractivity contribution in [2.45, 2.75) is 297 Å². The number of allylic oxidation sites excluding steroid dienone is 6. The molecule has 0 N–H and O–H groups in total. The van der Waals surface area contributed by atoms with Gasteiger partial charge in [0.15, 0.2) is 6.10 Å². The van der Waals surface area contributed by atoms with Gasteiger partial charge in [-0.2, -0.15) is 0 Å². The molecule has 0 amide bonds. The third-order valence-electron chi connectivity index (χ3n) is 12.1. The second-order valence-corrected chi connectivity index (χ2v) is 18.5. The van der Waals surface area contributed by atoms with Crippen LogP contribution in [0.15, 0.2) is 36.5 Å². The number of unbranched alkanes of at least 4 members (excludes halogenated alkanes) is 34. The summed E-state index contributed by atoms with van der Waals surface area (Å²) >= 11 is 0. The van der Waals surface area contributed by atoms with E-state index in [1.807, 2.05) is 0 Å². The molecule has 0 rings (SSSR count). The predicted octanol–water partition coefficient (Wildman–Crippen LogP) is 18.1. The van der Waals surface area contributed by atoms with Gasteiger partial charge in [0, 0.05) is 19.3 Å². The number of carbonyl (C=O) groups is 3. The number of hydrogen-bond donors (Lipinski definition) is 0. The average Bonchev–Trinajstić information content (AvgIpc) is 3.28. The van der Waals surface area contributed by atoms with Crippen LogP contribution in [0.1, 0.15) is 290 Å². The molecule has 0 saturated carbocycles. The molecular weight excluding hydrogens is 781 g/mol. The first-order valence-corrected chi connectivity index (χ1v) is 27.5. The van der Waals surface area contributed by atoms with Crippen molar-refractivity contribution in [2.24, 2.45) is 0 Å². The highest BCUT2D eigenvalue weighted by atomic mass is 16.6. The van der Waals surface area contributed by atoms with Crippen molar-refractivity contribution >= 4 is 17.9 Å². The van der Waals surface area contributed by atoms with Crippen LogP contribution in [-0.4, -0.2) is 37.2 Å². The number of ether oxygens (including phenoxy) is 3. The van der Waals surface area contributed by atoms with E-state index in [1.165, 1.54) is 180 Å². The van der Waals surface area contributed by atoms with Crippen molar-refractivity contribution < 1.29 is 28.6 Å². The second kappa shape index (κ2) is 52.3. The molecule has 0 aromatic rings. The largest absolute Gasteiger partial charge is 0.462 e. The summed E-state index contributed by atoms with van der Waals surface area (Å²) in [5.41, 5.74) is 0. The molecule has 0 radical (unpaired) electrons. The van der Waals surface area contributed by atoms with Gasteiger partial charge in [-0.05, 0) is 64.2 Å². The molecule has 0 aromatic carbocycles. The van der Waals surface area contributed by atoms with Gasteiger partial charge in [0.2, 0.25) is 0 Å². The van der Waals surface area contributed by atoms with Gasteiger partial charge in [-0.25, -0.2) is 0 Å². The van der Waals surface area contributed by atoms with E-state index >= 15 is 0 Å². The summed E-state index contributed by atoms with van der Waals surface area (Å²) in [5.74, 6) is -0.900. The van der Waals surface area contributed by atoms with E-state index in [0.717, 1.165) is 70.6 Å². The van der Waals surface area contributed by atoms with Crippen molar-refractivity contribution in [3.8, 4) is 0 Å². The van der Waals surface area contributed by atoms with E-state index in [4.69, 9.17) is 14.2 Å². The lowest BCUT2D eigenvalue weighted by atomic mass is 10.0. The van der Waals surface area contributed by atoms with E-state index in [9.17, 15) is 14.4 Å². The van der Waals surface area contributed by atoms with Gasteiger partial charge in [-0.15, -0.1) is 0 Å². The zero-order chi connectivity index (χ0) is 45.8. The lowest BCUT2D eigenvalue weighted by molar-refractivity contribution is -0.167. The van der Waals surface area contributed by atoms with E-state index in [2.05, 4.69) is 57.2 Å². The number of rotatable bonds is 50. The summed E-state index contributed by atoms with van der Waals surface area (Å²) in [7, 11) is 0. The Kier molecular flexibility index (Phi) is 50.3. The van der Waals surface area contributed by atoms with E-state index < -0.39 is 6.10 Å². The minimum Gasteiger partial charge on any atom is -0.462 e. The third kappa shape index (κ3) is 50.5. The van der Waals surface area contributed by atoms with E-state index in [0.29, 0.717) is 19.3 Å². The van der Waals surface area contributed by atoms with Crippen LogP contribution < -0.4 is 0 Å². The molecule has 0 aliphatic carbocycles. The lowest BCUT2D eigenvalue weighted by Gasteiger charge is -2.18. The Bertz CT molecular complexity index is 1060. The molecule has 63 heavy (non-hydrogen) atoms.